The Bertz CT molecular complexity index is 831. The molecule has 2 heterocycles. The molecule has 7 nitrogen and oxygen atoms in total. The van der Waals surface area contributed by atoms with Crippen LogP contribution in [0.5, 0.6) is 0 Å². The Labute approximate surface area is 148 Å². The molecule has 8 heteroatoms. The Kier molecular flexibility index (Phi) is 4.99. The van der Waals surface area contributed by atoms with E-state index in [1.807, 2.05) is 6.07 Å². The van der Waals surface area contributed by atoms with Crippen LogP contribution in [0.3, 0.4) is 0 Å². The third-order valence-corrected chi connectivity index (χ3v) is 4.60. The van der Waals surface area contributed by atoms with Crippen LogP contribution in [-0.4, -0.2) is 33.1 Å². The molecule has 0 aliphatic carbocycles. The summed E-state index contributed by atoms with van der Waals surface area (Å²) >= 11 is 1.10. The fraction of sp³-hybridized carbons (Fsp3) is 0.176. The van der Waals surface area contributed by atoms with Gasteiger partial charge in [0.2, 0.25) is 5.91 Å². The lowest BCUT2D eigenvalue weighted by molar-refractivity contribution is -0.138. The number of hydrogen-bond donors (Lipinski definition) is 1. The minimum atomic E-state index is -1.03. The number of carboxylic acid groups (broad SMARTS) is 1. The highest BCUT2D eigenvalue weighted by Crippen LogP contribution is 2.33. The Morgan fingerprint density at radius 1 is 1.28 bits per heavy atom. The summed E-state index contributed by atoms with van der Waals surface area (Å²) in [5.41, 5.74) is 1.18. The number of aliphatic carboxylic acids is 1. The molecule has 1 N–H and O–H groups in total. The van der Waals surface area contributed by atoms with Crippen molar-refractivity contribution in [2.24, 2.45) is 10.2 Å². The highest BCUT2D eigenvalue weighted by molar-refractivity contribution is 8.16. The molecule has 1 amide bonds. The first-order chi connectivity index (χ1) is 12.1. The lowest BCUT2D eigenvalue weighted by Crippen LogP contribution is -2.32. The second-order valence-electron chi connectivity index (χ2n) is 5.26. The van der Waals surface area contributed by atoms with Gasteiger partial charge in [0.05, 0.1) is 18.4 Å². The van der Waals surface area contributed by atoms with E-state index in [1.54, 1.807) is 43.3 Å². The molecule has 1 aromatic carbocycles. The molecule has 0 saturated carbocycles. The van der Waals surface area contributed by atoms with Gasteiger partial charge in [-0.25, -0.2) is 0 Å². The smallest absolute Gasteiger partial charge is 0.305 e. The molecule has 25 heavy (non-hydrogen) atoms. The third-order valence-electron chi connectivity index (χ3n) is 3.47. The minimum Gasteiger partial charge on any atom is -0.481 e. The number of carbonyl (C=O) groups excluding carboxylic acids is 1. The number of anilines is 1. The monoisotopic (exact) mass is 357 g/mol. The van der Waals surface area contributed by atoms with Crippen molar-refractivity contribution in [1.82, 2.24) is 0 Å². The van der Waals surface area contributed by atoms with Gasteiger partial charge in [-0.05, 0) is 31.2 Å². The number of nitrogens with zero attached hydrogens (tertiary/aromatic N) is 3. The summed E-state index contributed by atoms with van der Waals surface area (Å²) in [4.78, 5) is 25.0. The predicted molar refractivity (Wildman–Crippen MR) is 95.9 cm³/mol. The molecule has 0 radical (unpaired) electrons. The average molecular weight is 357 g/mol. The zero-order chi connectivity index (χ0) is 17.8. The molecule has 0 spiro atoms. The molecule has 1 unspecified atom stereocenters. The van der Waals surface area contributed by atoms with Gasteiger partial charge in [0.1, 0.15) is 16.7 Å². The molecule has 1 aliphatic rings. The Morgan fingerprint density at radius 3 is 2.68 bits per heavy atom. The molecule has 1 aliphatic heterocycles. The quantitative estimate of drug-likeness (QED) is 0.655. The number of amidine groups is 1. The van der Waals surface area contributed by atoms with E-state index in [1.165, 1.54) is 11.2 Å². The predicted octanol–water partition coefficient (Wildman–Crippen LogP) is 2.98. The molecule has 1 fully saturated rings. The van der Waals surface area contributed by atoms with Crippen molar-refractivity contribution in [3.63, 3.8) is 0 Å². The molecule has 1 saturated heterocycles. The van der Waals surface area contributed by atoms with Gasteiger partial charge in [-0.2, -0.15) is 0 Å². The number of furan rings is 1. The van der Waals surface area contributed by atoms with E-state index in [-0.39, 0.29) is 12.3 Å². The van der Waals surface area contributed by atoms with Gasteiger partial charge in [0.25, 0.3) is 0 Å². The van der Waals surface area contributed by atoms with Crippen molar-refractivity contribution in [2.45, 2.75) is 18.6 Å². The van der Waals surface area contributed by atoms with Crippen LogP contribution < -0.4 is 4.90 Å². The van der Waals surface area contributed by atoms with E-state index in [0.717, 1.165) is 11.8 Å². The van der Waals surface area contributed by atoms with Crippen LogP contribution in [0.25, 0.3) is 0 Å². The first-order valence-electron chi connectivity index (χ1n) is 7.50. The van der Waals surface area contributed by atoms with Crippen LogP contribution in [0.1, 0.15) is 19.1 Å². The summed E-state index contributed by atoms with van der Waals surface area (Å²) in [7, 11) is 0. The van der Waals surface area contributed by atoms with Crippen molar-refractivity contribution in [3.8, 4) is 0 Å². The second-order valence-corrected chi connectivity index (χ2v) is 6.43. The van der Waals surface area contributed by atoms with Crippen LogP contribution in [0.4, 0.5) is 5.69 Å². The first kappa shape index (κ1) is 17.0. The van der Waals surface area contributed by atoms with Gasteiger partial charge < -0.3 is 9.52 Å². The highest BCUT2D eigenvalue weighted by atomic mass is 32.2. The Morgan fingerprint density at radius 2 is 2.04 bits per heavy atom. The summed E-state index contributed by atoms with van der Waals surface area (Å²) in [6, 6.07) is 12.5. The maximum Gasteiger partial charge on any atom is 0.305 e. The normalized spacial score (nSPS) is 19.6. The Balaban J connectivity index is 1.94. The largest absolute Gasteiger partial charge is 0.481 e. The molecule has 2 aromatic rings. The van der Waals surface area contributed by atoms with Crippen LogP contribution in [0, 0.1) is 0 Å². The van der Waals surface area contributed by atoms with Gasteiger partial charge in [0, 0.05) is 0 Å². The maximum absolute atomic E-state index is 12.6. The van der Waals surface area contributed by atoms with E-state index in [0.29, 0.717) is 22.3 Å². The van der Waals surface area contributed by atoms with E-state index >= 15 is 0 Å². The highest BCUT2D eigenvalue weighted by Gasteiger charge is 2.40. The average Bonchev–Trinajstić information content (AvgIpc) is 3.22. The summed E-state index contributed by atoms with van der Waals surface area (Å²) in [5, 5.41) is 16.9. The van der Waals surface area contributed by atoms with Crippen molar-refractivity contribution >= 4 is 40.2 Å². The second kappa shape index (κ2) is 7.35. The molecular weight excluding hydrogens is 342 g/mol. The van der Waals surface area contributed by atoms with Crippen LogP contribution in [0.2, 0.25) is 0 Å². The molecule has 1 aromatic heterocycles. The number of amides is 1. The lowest BCUT2D eigenvalue weighted by atomic mass is 10.2. The van der Waals surface area contributed by atoms with E-state index in [2.05, 4.69) is 10.2 Å². The van der Waals surface area contributed by atoms with Crippen LogP contribution >= 0.6 is 11.8 Å². The SMILES string of the molecule is C/C(=N\N=C1\SC(CC(=O)O)C(=O)N1c1ccccc1)c1ccco1. The van der Waals surface area contributed by atoms with Gasteiger partial charge in [-0.15, -0.1) is 10.2 Å². The van der Waals surface area contributed by atoms with Crippen LogP contribution in [-0.2, 0) is 9.59 Å². The number of thioether (sulfide) groups is 1. The van der Waals surface area contributed by atoms with Crippen molar-refractivity contribution in [2.75, 3.05) is 4.90 Å². The van der Waals surface area contributed by atoms with Crippen molar-refractivity contribution < 1.29 is 19.1 Å². The lowest BCUT2D eigenvalue weighted by Gasteiger charge is -2.15. The number of para-hydroxylation sites is 1. The van der Waals surface area contributed by atoms with Gasteiger partial charge in [-0.1, -0.05) is 30.0 Å². The fourth-order valence-corrected chi connectivity index (χ4v) is 3.37. The number of carboxylic acids is 1. The molecule has 128 valence electrons. The maximum atomic E-state index is 12.6. The number of hydrogen-bond acceptors (Lipinski definition) is 6. The first-order valence-corrected chi connectivity index (χ1v) is 8.38. The standard InChI is InChI=1S/C17H15N3O4S/c1-11(13-8-5-9-24-13)18-19-17-20(12-6-3-2-4-7-12)16(23)14(25-17)10-15(21)22/h2-9,14H,10H2,1H3,(H,21,22)/b18-11+,19-17+. The van der Waals surface area contributed by atoms with Gasteiger partial charge in [-0.3, -0.25) is 14.5 Å². The van der Waals surface area contributed by atoms with Crippen molar-refractivity contribution in [3.05, 3.63) is 54.5 Å². The van der Waals surface area contributed by atoms with E-state index in [4.69, 9.17) is 9.52 Å². The zero-order valence-electron chi connectivity index (χ0n) is 13.3. The van der Waals surface area contributed by atoms with E-state index < -0.39 is 11.2 Å². The summed E-state index contributed by atoms with van der Waals surface area (Å²) < 4.78 is 5.25. The summed E-state index contributed by atoms with van der Waals surface area (Å²) in [5.74, 6) is -0.773. The molecule has 3 rings (SSSR count). The number of carbonyl (C=O) groups is 2. The molecular formula is C17H15N3O4S. The number of rotatable bonds is 5. The van der Waals surface area contributed by atoms with Crippen LogP contribution in [0.15, 0.2) is 63.3 Å². The minimum absolute atomic E-state index is 0.271. The topological polar surface area (TPSA) is 95.5 Å². The summed E-state index contributed by atoms with van der Waals surface area (Å²) in [6.45, 7) is 1.74. The van der Waals surface area contributed by atoms with Gasteiger partial charge in [0.15, 0.2) is 5.17 Å². The summed E-state index contributed by atoms with van der Waals surface area (Å²) in [6.07, 6.45) is 1.27. The van der Waals surface area contributed by atoms with Gasteiger partial charge >= 0.3 is 5.97 Å². The third kappa shape index (κ3) is 3.80. The molecule has 0 bridgehead atoms. The zero-order valence-corrected chi connectivity index (χ0v) is 14.1. The molecule has 1 atom stereocenters. The fourth-order valence-electron chi connectivity index (χ4n) is 2.29. The van der Waals surface area contributed by atoms with E-state index in [9.17, 15) is 9.59 Å². The Hall–Kier alpha value is -2.87. The number of benzene rings is 1. The van der Waals surface area contributed by atoms with Crippen molar-refractivity contribution in [1.29, 1.82) is 0 Å².